The Balaban J connectivity index is 4.20. The number of unbranched alkanes of at least 4 members (excludes halogenated alkanes) is 7. The molecule has 0 aliphatic carbocycles. The quantitative estimate of drug-likeness (QED) is 0.449. The molecule has 0 aromatic rings. The maximum absolute atomic E-state index is 12.4. The lowest BCUT2D eigenvalue weighted by molar-refractivity contribution is 0.515. The molecule has 0 radical (unpaired) electrons. The first kappa shape index (κ1) is 21.4. The van der Waals surface area contributed by atoms with Crippen molar-refractivity contribution in [3.63, 3.8) is 0 Å². The fourth-order valence-corrected chi connectivity index (χ4v) is 4.16. The largest absolute Gasteiger partial charge is 0.215 e. The van der Waals surface area contributed by atoms with E-state index in [0.29, 0.717) is 19.4 Å². The van der Waals surface area contributed by atoms with Gasteiger partial charge in [-0.25, -0.2) is 13.1 Å². The van der Waals surface area contributed by atoms with Crippen molar-refractivity contribution in [2.24, 2.45) is 0 Å². The summed E-state index contributed by atoms with van der Waals surface area (Å²) >= 11 is 0. The highest BCUT2D eigenvalue weighted by atomic mass is 32.2. The van der Waals surface area contributed by atoms with Crippen LogP contribution < -0.4 is 4.72 Å². The van der Waals surface area contributed by atoms with Crippen molar-refractivity contribution < 1.29 is 8.42 Å². The molecule has 5 heteroatoms. The minimum atomic E-state index is -3.23. The molecular formula is C17H34N2O2S. The van der Waals surface area contributed by atoms with Gasteiger partial charge in [0.05, 0.1) is 11.3 Å². The van der Waals surface area contributed by atoms with E-state index in [1.54, 1.807) is 0 Å². The van der Waals surface area contributed by atoms with Gasteiger partial charge >= 0.3 is 0 Å². The summed E-state index contributed by atoms with van der Waals surface area (Å²) in [5, 5.41) is 8.24. The maximum Gasteiger partial charge on any atom is 0.214 e. The van der Waals surface area contributed by atoms with E-state index in [2.05, 4.69) is 18.6 Å². The zero-order valence-corrected chi connectivity index (χ0v) is 15.3. The van der Waals surface area contributed by atoms with Crippen LogP contribution in [0.15, 0.2) is 0 Å². The van der Waals surface area contributed by atoms with Gasteiger partial charge in [-0.2, -0.15) is 5.26 Å². The number of rotatable bonds is 15. The molecule has 0 bridgehead atoms. The van der Waals surface area contributed by atoms with Crippen LogP contribution in [0.1, 0.15) is 90.9 Å². The molecule has 0 aromatic heterocycles. The molecule has 0 amide bonds. The summed E-state index contributed by atoms with van der Waals surface area (Å²) in [5.74, 6) is 0. The van der Waals surface area contributed by atoms with Gasteiger partial charge in [0.25, 0.3) is 0 Å². The minimum Gasteiger partial charge on any atom is -0.215 e. The topological polar surface area (TPSA) is 70.0 Å². The number of nitrogens with zero attached hydrogens (tertiary/aromatic N) is 1. The lowest BCUT2D eigenvalue weighted by atomic mass is 10.1. The Hall–Kier alpha value is -0.600. The van der Waals surface area contributed by atoms with Gasteiger partial charge in [-0.05, 0) is 19.3 Å². The third-order valence-electron chi connectivity index (χ3n) is 3.97. The van der Waals surface area contributed by atoms with Gasteiger partial charge in [0, 0.05) is 13.0 Å². The second-order valence-electron chi connectivity index (χ2n) is 6.02. The van der Waals surface area contributed by atoms with Gasteiger partial charge in [-0.1, -0.05) is 65.2 Å². The predicted octanol–water partition coefficient (Wildman–Crippen LogP) is 4.52. The fraction of sp³-hybridized carbons (Fsp3) is 0.941. The number of nitriles is 1. The summed E-state index contributed by atoms with van der Waals surface area (Å²) in [7, 11) is -3.23. The van der Waals surface area contributed by atoms with Crippen LogP contribution >= 0.6 is 0 Å². The lowest BCUT2D eigenvalue weighted by Crippen LogP contribution is -2.35. The average molecular weight is 331 g/mol. The Bertz CT molecular complexity index is 388. The van der Waals surface area contributed by atoms with Crippen LogP contribution in [0.4, 0.5) is 0 Å². The standard InChI is InChI=1S/C17H34N2O2S/c1-3-5-7-8-9-10-14-17(13-6-4-2)22(20,21)19-16-12-11-15-18/h17,19H,3-14,16H2,1-2H3. The summed E-state index contributed by atoms with van der Waals surface area (Å²) in [6.45, 7) is 4.68. The Kier molecular flexibility index (Phi) is 13.6. The number of hydrogen-bond donors (Lipinski definition) is 1. The SMILES string of the molecule is CCCCCCCCC(CCCC)S(=O)(=O)NCCCC#N. The van der Waals surface area contributed by atoms with Crippen molar-refractivity contribution in [1.29, 1.82) is 5.26 Å². The number of nitrogens with one attached hydrogen (secondary N) is 1. The van der Waals surface area contributed by atoms with Crippen LogP contribution in [0, 0.1) is 11.3 Å². The molecule has 0 aliphatic heterocycles. The van der Waals surface area contributed by atoms with Gasteiger partial charge in [-0.15, -0.1) is 0 Å². The molecule has 1 unspecified atom stereocenters. The molecule has 22 heavy (non-hydrogen) atoms. The van der Waals surface area contributed by atoms with Crippen molar-refractivity contribution in [1.82, 2.24) is 4.72 Å². The zero-order chi connectivity index (χ0) is 16.7. The molecule has 130 valence electrons. The molecule has 1 N–H and O–H groups in total. The molecular weight excluding hydrogens is 296 g/mol. The molecule has 0 heterocycles. The van der Waals surface area contributed by atoms with Gasteiger partial charge in [0.15, 0.2) is 0 Å². The highest BCUT2D eigenvalue weighted by Gasteiger charge is 2.23. The van der Waals surface area contributed by atoms with Crippen molar-refractivity contribution >= 4 is 10.0 Å². The predicted molar refractivity (Wildman–Crippen MR) is 93.1 cm³/mol. The molecule has 4 nitrogen and oxygen atoms in total. The third kappa shape index (κ3) is 11.0. The van der Waals surface area contributed by atoms with Crippen LogP contribution in [0.2, 0.25) is 0 Å². The Labute approximate surface area is 137 Å². The summed E-state index contributed by atoms with van der Waals surface area (Å²) < 4.78 is 27.4. The van der Waals surface area contributed by atoms with Crippen LogP contribution in [0.5, 0.6) is 0 Å². The van der Waals surface area contributed by atoms with E-state index in [-0.39, 0.29) is 5.25 Å². The average Bonchev–Trinajstić information content (AvgIpc) is 2.50. The second kappa shape index (κ2) is 14.0. The first-order valence-corrected chi connectivity index (χ1v) is 10.5. The molecule has 0 saturated carbocycles. The van der Waals surface area contributed by atoms with E-state index in [4.69, 9.17) is 5.26 Å². The summed E-state index contributed by atoms with van der Waals surface area (Å²) in [6, 6.07) is 2.04. The highest BCUT2D eigenvalue weighted by molar-refractivity contribution is 7.90. The van der Waals surface area contributed by atoms with E-state index >= 15 is 0 Å². The van der Waals surface area contributed by atoms with Crippen molar-refractivity contribution in [2.75, 3.05) is 6.54 Å². The lowest BCUT2D eigenvalue weighted by Gasteiger charge is -2.18. The normalized spacial score (nSPS) is 13.0. The van der Waals surface area contributed by atoms with E-state index in [9.17, 15) is 8.42 Å². The molecule has 0 saturated heterocycles. The van der Waals surface area contributed by atoms with E-state index in [0.717, 1.165) is 38.5 Å². The van der Waals surface area contributed by atoms with Gasteiger partial charge in [0.2, 0.25) is 10.0 Å². The number of hydrogen-bond acceptors (Lipinski definition) is 3. The molecule has 0 aromatic carbocycles. The van der Waals surface area contributed by atoms with Crippen molar-refractivity contribution in [2.45, 2.75) is 96.1 Å². The van der Waals surface area contributed by atoms with Crippen molar-refractivity contribution in [3.8, 4) is 6.07 Å². The molecule has 0 aliphatic rings. The highest BCUT2D eigenvalue weighted by Crippen LogP contribution is 2.18. The van der Waals surface area contributed by atoms with E-state index in [1.807, 2.05) is 6.07 Å². The van der Waals surface area contributed by atoms with Gasteiger partial charge < -0.3 is 0 Å². The summed E-state index contributed by atoms with van der Waals surface area (Å²) in [6.07, 6.45) is 11.6. The van der Waals surface area contributed by atoms with Gasteiger partial charge in [-0.3, -0.25) is 0 Å². The Morgan fingerprint density at radius 3 is 2.14 bits per heavy atom. The Morgan fingerprint density at radius 1 is 0.909 bits per heavy atom. The summed E-state index contributed by atoms with van der Waals surface area (Å²) in [4.78, 5) is 0. The second-order valence-corrected chi connectivity index (χ2v) is 8.07. The maximum atomic E-state index is 12.4. The number of sulfonamides is 1. The minimum absolute atomic E-state index is 0.263. The van der Waals surface area contributed by atoms with Crippen LogP contribution in [0.3, 0.4) is 0 Å². The Morgan fingerprint density at radius 2 is 1.50 bits per heavy atom. The van der Waals surface area contributed by atoms with Crippen LogP contribution in [0.25, 0.3) is 0 Å². The molecule has 0 fully saturated rings. The van der Waals surface area contributed by atoms with Gasteiger partial charge in [0.1, 0.15) is 0 Å². The van der Waals surface area contributed by atoms with Crippen LogP contribution in [-0.2, 0) is 10.0 Å². The van der Waals surface area contributed by atoms with Crippen molar-refractivity contribution in [3.05, 3.63) is 0 Å². The smallest absolute Gasteiger partial charge is 0.214 e. The first-order chi connectivity index (χ1) is 10.6. The van der Waals surface area contributed by atoms with E-state index in [1.165, 1.54) is 25.7 Å². The van der Waals surface area contributed by atoms with E-state index < -0.39 is 10.0 Å². The molecule has 0 spiro atoms. The zero-order valence-electron chi connectivity index (χ0n) is 14.4. The first-order valence-electron chi connectivity index (χ1n) is 8.93. The van der Waals surface area contributed by atoms with Crippen LogP contribution in [-0.4, -0.2) is 20.2 Å². The third-order valence-corrected chi connectivity index (χ3v) is 5.92. The fourth-order valence-electron chi connectivity index (χ4n) is 2.54. The summed E-state index contributed by atoms with van der Waals surface area (Å²) in [5.41, 5.74) is 0. The molecule has 0 rings (SSSR count). The monoisotopic (exact) mass is 330 g/mol. The molecule has 1 atom stereocenters.